The molecule has 4 rings (SSSR count). The number of aryl methyl sites for hydroxylation is 1. The zero-order valence-electron chi connectivity index (χ0n) is 25.7. The number of likely N-dealkylation sites (tertiary alicyclic amines) is 1. The molecule has 15 heteroatoms. The van der Waals surface area contributed by atoms with Crippen LogP contribution < -0.4 is 20.7 Å². The van der Waals surface area contributed by atoms with Gasteiger partial charge in [0.05, 0.1) is 11.6 Å². The summed E-state index contributed by atoms with van der Waals surface area (Å²) in [6.07, 6.45) is -4.19. The lowest BCUT2D eigenvalue weighted by atomic mass is 9.94. The molecule has 12 nitrogen and oxygen atoms in total. The van der Waals surface area contributed by atoms with E-state index in [1.54, 1.807) is 12.2 Å². The maximum Gasteiger partial charge on any atom is 0.471 e. The average molecular weight is 628 g/mol. The lowest BCUT2D eigenvalue weighted by Crippen LogP contribution is -2.59. The van der Waals surface area contributed by atoms with Crippen LogP contribution in [0.2, 0.25) is 0 Å². The number of rotatable bonds is 12. The van der Waals surface area contributed by atoms with E-state index in [0.29, 0.717) is 30.7 Å². The Kier molecular flexibility index (Phi) is 9.36. The van der Waals surface area contributed by atoms with Gasteiger partial charge in [-0.3, -0.25) is 24.0 Å². The van der Waals surface area contributed by atoms with Crippen molar-refractivity contribution in [1.29, 1.82) is 0 Å². The maximum atomic E-state index is 13.9. The smallest absolute Gasteiger partial charge is 0.467 e. The molecule has 2 aliphatic heterocycles. The Balaban J connectivity index is 1.55. The van der Waals surface area contributed by atoms with Gasteiger partial charge in [0.2, 0.25) is 17.7 Å². The molecule has 244 valence electrons. The van der Waals surface area contributed by atoms with E-state index >= 15 is 0 Å². The van der Waals surface area contributed by atoms with E-state index in [-0.39, 0.29) is 42.0 Å². The summed E-state index contributed by atoms with van der Waals surface area (Å²) in [7, 11) is 0. The van der Waals surface area contributed by atoms with Gasteiger partial charge in [-0.15, -0.1) is 0 Å². The molecule has 0 spiro atoms. The van der Waals surface area contributed by atoms with Crippen LogP contribution in [0.25, 0.3) is 0 Å². The van der Waals surface area contributed by atoms with Crippen LogP contribution >= 0.6 is 0 Å². The van der Waals surface area contributed by atoms with Gasteiger partial charge in [-0.1, -0.05) is 34.6 Å². The Morgan fingerprint density at radius 1 is 1.20 bits per heavy atom. The first kappa shape index (κ1) is 33.2. The molecule has 0 radical (unpaired) electrons. The molecule has 1 aliphatic carbocycles. The van der Waals surface area contributed by atoms with Crippen molar-refractivity contribution in [3.63, 3.8) is 0 Å². The van der Waals surface area contributed by atoms with E-state index in [2.05, 4.69) is 15.8 Å². The number of ketones is 1. The van der Waals surface area contributed by atoms with Crippen LogP contribution in [0.5, 0.6) is 5.88 Å². The van der Waals surface area contributed by atoms with Gasteiger partial charge in [0.1, 0.15) is 17.8 Å². The predicted molar refractivity (Wildman–Crippen MR) is 148 cm³/mol. The molecule has 0 aromatic carbocycles. The van der Waals surface area contributed by atoms with Crippen molar-refractivity contribution in [1.82, 2.24) is 26.0 Å². The zero-order valence-corrected chi connectivity index (χ0v) is 25.7. The van der Waals surface area contributed by atoms with Crippen molar-refractivity contribution in [2.75, 3.05) is 19.7 Å². The van der Waals surface area contributed by atoms with Crippen LogP contribution in [0.15, 0.2) is 4.52 Å². The highest BCUT2D eigenvalue weighted by Gasteiger charge is 2.69. The van der Waals surface area contributed by atoms with Crippen molar-refractivity contribution in [2.45, 2.75) is 85.1 Å². The third-order valence-electron chi connectivity index (χ3n) is 9.28. The number of hydrogen-bond donors (Lipinski definition) is 3. The fraction of sp³-hybridized carbons (Fsp3) is 0.724. The monoisotopic (exact) mass is 627 g/mol. The molecular weight excluding hydrogens is 587 g/mol. The first-order chi connectivity index (χ1) is 20.5. The summed E-state index contributed by atoms with van der Waals surface area (Å²) in [6.45, 7) is 10.5. The molecule has 3 N–H and O–H groups in total. The topological polar surface area (TPSA) is 160 Å². The Morgan fingerprint density at radius 3 is 2.45 bits per heavy atom. The third-order valence-corrected chi connectivity index (χ3v) is 9.28. The van der Waals surface area contributed by atoms with E-state index in [4.69, 9.17) is 9.26 Å². The fourth-order valence-electron chi connectivity index (χ4n) is 6.54. The molecule has 0 bridgehead atoms. The van der Waals surface area contributed by atoms with Crippen LogP contribution in [0.1, 0.15) is 58.8 Å². The number of alkyl halides is 3. The summed E-state index contributed by atoms with van der Waals surface area (Å²) in [4.78, 5) is 66.3. The molecular formula is C29H40F3N5O7. The molecule has 3 aliphatic rings. The molecule has 1 aromatic rings. The van der Waals surface area contributed by atoms with Crippen molar-refractivity contribution >= 4 is 29.4 Å². The fourth-order valence-corrected chi connectivity index (χ4v) is 6.54. The van der Waals surface area contributed by atoms with Crippen molar-refractivity contribution in [3.05, 3.63) is 11.3 Å². The Bertz CT molecular complexity index is 1310. The Labute approximate surface area is 253 Å². The minimum Gasteiger partial charge on any atom is -0.467 e. The second kappa shape index (κ2) is 12.4. The standard InChI is InChI=1S/C29H40F3N5O7/c1-7-16-14(4)44-36-25(16)43-12-19(38)18(10-15-8-9-33-23(15)39)34-24(40)22-20-17(28(20,5)6)11-37(22)26(41)21(13(2)3)35-27(42)29(30,31)32/h13,15,17-18,20-22H,7-12H2,1-6H3,(H,33,39)(H,34,40)(H,35,42)/t15-,17-,18-,20-,21-,22-/m0/s1. The van der Waals surface area contributed by atoms with E-state index in [0.717, 1.165) is 0 Å². The first-order valence-corrected chi connectivity index (χ1v) is 14.9. The number of carbonyl (C=O) groups excluding carboxylic acids is 5. The second-order valence-electron chi connectivity index (χ2n) is 12.8. The predicted octanol–water partition coefficient (Wildman–Crippen LogP) is 1.69. The van der Waals surface area contributed by atoms with Gasteiger partial charge >= 0.3 is 12.1 Å². The molecule has 1 saturated carbocycles. The van der Waals surface area contributed by atoms with Crippen LogP contribution in [-0.4, -0.2) is 83.5 Å². The summed E-state index contributed by atoms with van der Waals surface area (Å²) >= 11 is 0. The van der Waals surface area contributed by atoms with Crippen molar-refractivity contribution in [2.24, 2.45) is 29.1 Å². The molecule has 0 unspecified atom stereocenters. The van der Waals surface area contributed by atoms with Crippen LogP contribution in [-0.2, 0) is 30.4 Å². The number of nitrogens with one attached hydrogen (secondary N) is 3. The first-order valence-electron chi connectivity index (χ1n) is 14.9. The van der Waals surface area contributed by atoms with Crippen LogP contribution in [0.3, 0.4) is 0 Å². The SMILES string of the molecule is CCc1c(OCC(=O)[C@H](C[C@@H]2CCNC2=O)NC(=O)[C@@H]2[C@@H]3[C@H](CN2C(=O)[C@@H](NC(=O)C(F)(F)F)C(C)C)C3(C)C)noc1C. The van der Waals surface area contributed by atoms with Gasteiger partial charge in [0.15, 0.2) is 12.4 Å². The minimum atomic E-state index is -5.19. The lowest BCUT2D eigenvalue weighted by molar-refractivity contribution is -0.175. The van der Waals surface area contributed by atoms with Gasteiger partial charge < -0.3 is 30.1 Å². The van der Waals surface area contributed by atoms with Gasteiger partial charge in [0, 0.05) is 19.0 Å². The third kappa shape index (κ3) is 6.55. The number of amides is 4. The highest BCUT2D eigenvalue weighted by Crippen LogP contribution is 2.65. The number of fused-ring (bicyclic) bond motifs is 1. The number of ether oxygens (including phenoxy) is 1. The zero-order chi connectivity index (χ0) is 32.7. The Hall–Kier alpha value is -3.65. The van der Waals surface area contributed by atoms with Crippen LogP contribution in [0.4, 0.5) is 13.2 Å². The molecule has 6 atom stereocenters. The number of carbonyl (C=O) groups is 5. The number of halogens is 3. The lowest BCUT2D eigenvalue weighted by Gasteiger charge is -2.35. The van der Waals surface area contributed by atoms with E-state index < -0.39 is 66.2 Å². The molecule has 1 aromatic heterocycles. The number of hydrogen-bond acceptors (Lipinski definition) is 8. The number of aromatic nitrogens is 1. The molecule has 2 saturated heterocycles. The molecule has 44 heavy (non-hydrogen) atoms. The summed E-state index contributed by atoms with van der Waals surface area (Å²) in [5.74, 6) is -5.47. The van der Waals surface area contributed by atoms with E-state index in [9.17, 15) is 37.1 Å². The van der Waals surface area contributed by atoms with Crippen molar-refractivity contribution < 1.29 is 46.4 Å². The second-order valence-corrected chi connectivity index (χ2v) is 12.8. The molecule has 3 heterocycles. The van der Waals surface area contributed by atoms with E-state index in [1.165, 1.54) is 18.7 Å². The minimum absolute atomic E-state index is 0.00728. The highest BCUT2D eigenvalue weighted by molar-refractivity contribution is 5.97. The largest absolute Gasteiger partial charge is 0.471 e. The Morgan fingerprint density at radius 2 is 1.89 bits per heavy atom. The number of Topliss-reactive ketones (excluding diaryl/α,β-unsaturated/α-hetero) is 1. The quantitative estimate of drug-likeness (QED) is 0.316. The molecule has 3 fully saturated rings. The van der Waals surface area contributed by atoms with Crippen molar-refractivity contribution in [3.8, 4) is 5.88 Å². The van der Waals surface area contributed by atoms with E-state index in [1.807, 2.05) is 20.8 Å². The van der Waals surface area contributed by atoms with Gasteiger partial charge in [0.25, 0.3) is 5.88 Å². The summed E-state index contributed by atoms with van der Waals surface area (Å²) in [5, 5.41) is 11.1. The summed E-state index contributed by atoms with van der Waals surface area (Å²) < 4.78 is 49.9. The maximum absolute atomic E-state index is 13.9. The van der Waals surface area contributed by atoms with Crippen LogP contribution in [0, 0.1) is 36.0 Å². The number of nitrogens with zero attached hydrogens (tertiary/aromatic N) is 2. The summed E-state index contributed by atoms with van der Waals surface area (Å²) in [5.41, 5.74) is 0.351. The van der Waals surface area contributed by atoms with Gasteiger partial charge in [-0.2, -0.15) is 13.2 Å². The average Bonchev–Trinajstić information content (AvgIpc) is 3.41. The number of piperidine rings is 1. The molecule has 4 amide bonds. The normalized spacial score (nSPS) is 25.2. The van der Waals surface area contributed by atoms with Gasteiger partial charge in [-0.25, -0.2) is 0 Å². The summed E-state index contributed by atoms with van der Waals surface area (Å²) in [6, 6.07) is -3.77. The highest BCUT2D eigenvalue weighted by atomic mass is 19.4. The van der Waals surface area contributed by atoms with Gasteiger partial charge in [-0.05, 0) is 54.5 Å².